The van der Waals surface area contributed by atoms with Crippen LogP contribution < -0.4 is 0 Å². The van der Waals surface area contributed by atoms with Crippen LogP contribution in [-0.2, 0) is 0 Å². The predicted molar refractivity (Wildman–Crippen MR) is 39.9 cm³/mol. The molecule has 0 aliphatic heterocycles. The summed E-state index contributed by atoms with van der Waals surface area (Å²) < 4.78 is 14.2. The Morgan fingerprint density at radius 1 is 1.50 bits per heavy atom. The molecule has 0 saturated carbocycles. The van der Waals surface area contributed by atoms with Crippen LogP contribution in [0.1, 0.15) is 5.56 Å². The minimum Gasteiger partial charge on any atom is -0.237 e. The fourth-order valence-corrected chi connectivity index (χ4v) is 1.07. The van der Waals surface area contributed by atoms with Gasteiger partial charge in [-0.2, -0.15) is 9.65 Å². The molecule has 0 saturated heterocycles. The van der Waals surface area contributed by atoms with Gasteiger partial charge in [-0.3, -0.25) is 0 Å². The highest BCUT2D eigenvalue weighted by molar-refractivity contribution is 5.59. The van der Waals surface area contributed by atoms with Crippen molar-refractivity contribution in [2.75, 3.05) is 0 Å². The standard InChI is InChI=1S/C8H4FN3/c9-8-6(5-10)7-3-1-2-4-12(7)11-8/h1-4H. The lowest BCUT2D eigenvalue weighted by Crippen LogP contribution is -1.83. The van der Waals surface area contributed by atoms with Crippen molar-refractivity contribution in [3.8, 4) is 6.07 Å². The van der Waals surface area contributed by atoms with E-state index in [1.807, 2.05) is 0 Å². The third-order valence-electron chi connectivity index (χ3n) is 1.61. The van der Waals surface area contributed by atoms with Crippen molar-refractivity contribution in [2.45, 2.75) is 0 Å². The molecule has 3 nitrogen and oxygen atoms in total. The molecule has 0 radical (unpaired) electrons. The molecule has 0 unspecified atom stereocenters. The Bertz CT molecular complexity index is 467. The van der Waals surface area contributed by atoms with E-state index < -0.39 is 5.95 Å². The van der Waals surface area contributed by atoms with Gasteiger partial charge in [-0.25, -0.2) is 4.52 Å². The minimum absolute atomic E-state index is 0.00407. The van der Waals surface area contributed by atoms with Crippen LogP contribution in [0, 0.1) is 17.3 Å². The average molecular weight is 161 g/mol. The first kappa shape index (κ1) is 6.80. The number of hydrogen-bond donors (Lipinski definition) is 0. The molecule has 2 aromatic rings. The van der Waals surface area contributed by atoms with E-state index in [1.54, 1.807) is 30.5 Å². The molecule has 0 fully saturated rings. The van der Waals surface area contributed by atoms with Gasteiger partial charge in [0.2, 0.25) is 0 Å². The molecule has 0 aromatic carbocycles. The fraction of sp³-hybridized carbons (Fsp3) is 0. The lowest BCUT2D eigenvalue weighted by Gasteiger charge is -1.87. The Hall–Kier alpha value is -1.89. The van der Waals surface area contributed by atoms with Crippen molar-refractivity contribution in [2.24, 2.45) is 0 Å². The maximum atomic E-state index is 12.9. The van der Waals surface area contributed by atoms with Crippen molar-refractivity contribution in [1.82, 2.24) is 9.61 Å². The van der Waals surface area contributed by atoms with E-state index in [-0.39, 0.29) is 5.56 Å². The number of pyridine rings is 1. The van der Waals surface area contributed by atoms with Crippen molar-refractivity contribution < 1.29 is 4.39 Å². The average Bonchev–Trinajstić information content (AvgIpc) is 2.40. The Labute approximate surface area is 67.7 Å². The van der Waals surface area contributed by atoms with Gasteiger partial charge in [-0.1, -0.05) is 6.07 Å². The van der Waals surface area contributed by atoms with Gasteiger partial charge in [-0.05, 0) is 12.1 Å². The zero-order valence-electron chi connectivity index (χ0n) is 6.03. The summed E-state index contributed by atoms with van der Waals surface area (Å²) in [7, 11) is 0. The van der Waals surface area contributed by atoms with Gasteiger partial charge >= 0.3 is 0 Å². The third-order valence-corrected chi connectivity index (χ3v) is 1.61. The van der Waals surface area contributed by atoms with E-state index in [2.05, 4.69) is 5.10 Å². The van der Waals surface area contributed by atoms with E-state index in [9.17, 15) is 4.39 Å². The normalized spacial score (nSPS) is 10.0. The van der Waals surface area contributed by atoms with Crippen LogP contribution in [0.5, 0.6) is 0 Å². The topological polar surface area (TPSA) is 41.1 Å². The second kappa shape index (κ2) is 2.31. The number of nitrogens with zero attached hydrogens (tertiary/aromatic N) is 3. The lowest BCUT2D eigenvalue weighted by atomic mass is 10.3. The summed E-state index contributed by atoms with van der Waals surface area (Å²) in [5, 5.41) is 12.1. The van der Waals surface area contributed by atoms with Crippen molar-refractivity contribution >= 4 is 5.52 Å². The molecule has 0 amide bonds. The highest BCUT2D eigenvalue weighted by Gasteiger charge is 2.09. The highest BCUT2D eigenvalue weighted by atomic mass is 19.1. The first-order valence-corrected chi connectivity index (χ1v) is 3.36. The number of fused-ring (bicyclic) bond motifs is 1. The molecule has 2 aromatic heterocycles. The van der Waals surface area contributed by atoms with Gasteiger partial charge in [0.15, 0.2) is 0 Å². The number of rotatable bonds is 0. The van der Waals surface area contributed by atoms with Gasteiger partial charge in [0.25, 0.3) is 5.95 Å². The molecule has 58 valence electrons. The van der Waals surface area contributed by atoms with Crippen LogP contribution in [0.25, 0.3) is 5.52 Å². The zero-order valence-corrected chi connectivity index (χ0v) is 6.03. The summed E-state index contributed by atoms with van der Waals surface area (Å²) in [4.78, 5) is 0. The Balaban J connectivity index is 2.93. The van der Waals surface area contributed by atoms with Crippen LogP contribution in [0.15, 0.2) is 24.4 Å². The third kappa shape index (κ3) is 0.768. The van der Waals surface area contributed by atoms with E-state index in [0.717, 1.165) is 0 Å². The molecule has 2 rings (SSSR count). The number of halogens is 1. The zero-order chi connectivity index (χ0) is 8.55. The van der Waals surface area contributed by atoms with Gasteiger partial charge < -0.3 is 0 Å². The summed E-state index contributed by atoms with van der Waals surface area (Å²) in [6.45, 7) is 0. The minimum atomic E-state index is -0.719. The van der Waals surface area contributed by atoms with Crippen LogP contribution in [0.4, 0.5) is 4.39 Å². The maximum Gasteiger partial charge on any atom is 0.251 e. The summed E-state index contributed by atoms with van der Waals surface area (Å²) >= 11 is 0. The molecule has 0 spiro atoms. The van der Waals surface area contributed by atoms with Crippen LogP contribution in [0.3, 0.4) is 0 Å². The molecule has 0 N–H and O–H groups in total. The lowest BCUT2D eigenvalue weighted by molar-refractivity contribution is 0.568. The van der Waals surface area contributed by atoms with Gasteiger partial charge in [0, 0.05) is 6.20 Å². The van der Waals surface area contributed by atoms with Crippen LogP contribution in [0.2, 0.25) is 0 Å². The van der Waals surface area contributed by atoms with E-state index in [1.165, 1.54) is 4.52 Å². The van der Waals surface area contributed by atoms with Crippen molar-refractivity contribution in [3.05, 3.63) is 35.9 Å². The maximum absolute atomic E-state index is 12.9. The smallest absolute Gasteiger partial charge is 0.237 e. The molecule has 0 aliphatic rings. The second-order valence-electron chi connectivity index (χ2n) is 2.31. The Morgan fingerprint density at radius 3 is 3.08 bits per heavy atom. The first-order chi connectivity index (χ1) is 5.83. The SMILES string of the molecule is N#Cc1c(F)nn2ccccc12. The predicted octanol–water partition coefficient (Wildman–Crippen LogP) is 1.35. The van der Waals surface area contributed by atoms with Crippen LogP contribution in [-0.4, -0.2) is 9.61 Å². The Morgan fingerprint density at radius 2 is 2.33 bits per heavy atom. The molecule has 0 aliphatic carbocycles. The first-order valence-electron chi connectivity index (χ1n) is 3.36. The molecule has 4 heteroatoms. The van der Waals surface area contributed by atoms with E-state index >= 15 is 0 Å². The molecular weight excluding hydrogens is 157 g/mol. The van der Waals surface area contributed by atoms with E-state index in [0.29, 0.717) is 5.52 Å². The fourth-order valence-electron chi connectivity index (χ4n) is 1.07. The van der Waals surface area contributed by atoms with Gasteiger partial charge in [0.05, 0.1) is 5.52 Å². The number of nitriles is 1. The largest absolute Gasteiger partial charge is 0.251 e. The quantitative estimate of drug-likeness (QED) is 0.585. The van der Waals surface area contributed by atoms with Crippen LogP contribution >= 0.6 is 0 Å². The van der Waals surface area contributed by atoms with E-state index in [4.69, 9.17) is 5.26 Å². The second-order valence-corrected chi connectivity index (χ2v) is 2.31. The van der Waals surface area contributed by atoms with Gasteiger partial charge in [0.1, 0.15) is 11.6 Å². The highest BCUT2D eigenvalue weighted by Crippen LogP contribution is 2.11. The summed E-state index contributed by atoms with van der Waals surface area (Å²) in [6, 6.07) is 6.86. The number of hydrogen-bond acceptors (Lipinski definition) is 2. The summed E-state index contributed by atoms with van der Waals surface area (Å²) in [5.41, 5.74) is 0.494. The number of aromatic nitrogens is 2. The summed E-state index contributed by atoms with van der Waals surface area (Å²) in [6.07, 6.45) is 1.60. The van der Waals surface area contributed by atoms with Gasteiger partial charge in [-0.15, -0.1) is 5.10 Å². The van der Waals surface area contributed by atoms with Crippen molar-refractivity contribution in [3.63, 3.8) is 0 Å². The molecular formula is C8H4FN3. The molecule has 0 bridgehead atoms. The molecule has 0 atom stereocenters. The molecule has 2 heterocycles. The Kier molecular flexibility index (Phi) is 1.31. The molecule has 12 heavy (non-hydrogen) atoms. The summed E-state index contributed by atoms with van der Waals surface area (Å²) in [5.74, 6) is -0.719. The monoisotopic (exact) mass is 161 g/mol. The van der Waals surface area contributed by atoms with Crippen molar-refractivity contribution in [1.29, 1.82) is 5.26 Å².